The molecule has 1 aromatic carbocycles. The van der Waals surface area contributed by atoms with Crippen LogP contribution < -0.4 is 10.6 Å². The Bertz CT molecular complexity index is 787. The third-order valence-corrected chi connectivity index (χ3v) is 6.99. The third-order valence-electron chi connectivity index (χ3n) is 5.11. The highest BCUT2D eigenvalue weighted by Gasteiger charge is 2.26. The third kappa shape index (κ3) is 7.28. The summed E-state index contributed by atoms with van der Waals surface area (Å²) < 4.78 is 25.4. The average molecular weight is 426 g/mol. The van der Waals surface area contributed by atoms with E-state index in [-0.39, 0.29) is 22.4 Å². The molecule has 1 aliphatic heterocycles. The second kappa shape index (κ2) is 11.1. The molecule has 29 heavy (non-hydrogen) atoms. The number of non-ortho nitro benzene ring substituents is 1. The van der Waals surface area contributed by atoms with Crippen LogP contribution in [0.15, 0.2) is 29.3 Å². The van der Waals surface area contributed by atoms with Gasteiger partial charge in [0.05, 0.1) is 10.7 Å². The van der Waals surface area contributed by atoms with Gasteiger partial charge in [0.1, 0.15) is 0 Å². The van der Waals surface area contributed by atoms with E-state index in [0.717, 1.165) is 50.2 Å². The SMILES string of the molecule is CCS(=O)(=O)N1CCC(NC(=NC)NCCCCc2ccc([N+](=O)[O-])cc2)CC1. The molecule has 0 bridgehead atoms. The highest BCUT2D eigenvalue weighted by atomic mass is 32.2. The molecule has 1 aliphatic rings. The summed E-state index contributed by atoms with van der Waals surface area (Å²) in [5, 5.41) is 17.3. The van der Waals surface area contributed by atoms with Crippen molar-refractivity contribution in [1.29, 1.82) is 0 Å². The Balaban J connectivity index is 1.65. The van der Waals surface area contributed by atoms with Crippen molar-refractivity contribution in [2.45, 2.75) is 45.1 Å². The van der Waals surface area contributed by atoms with Gasteiger partial charge in [-0.25, -0.2) is 12.7 Å². The monoisotopic (exact) mass is 425 g/mol. The Labute approximate surface area is 172 Å². The van der Waals surface area contributed by atoms with Gasteiger partial charge >= 0.3 is 0 Å². The van der Waals surface area contributed by atoms with Gasteiger partial charge in [-0.3, -0.25) is 15.1 Å². The average Bonchev–Trinajstić information content (AvgIpc) is 2.73. The Morgan fingerprint density at radius 3 is 2.45 bits per heavy atom. The first-order valence-electron chi connectivity index (χ1n) is 10.0. The standard InChI is InChI=1S/C19H31N5O4S/c1-3-29(27,28)23-14-11-17(12-15-23)22-19(20-2)21-13-5-4-6-16-7-9-18(10-8-16)24(25)26/h7-10,17H,3-6,11-15H2,1-2H3,(H2,20,21,22). The van der Waals surface area contributed by atoms with Crippen molar-refractivity contribution in [3.8, 4) is 0 Å². The maximum absolute atomic E-state index is 11.9. The lowest BCUT2D eigenvalue weighted by Gasteiger charge is -2.32. The molecule has 1 saturated heterocycles. The van der Waals surface area contributed by atoms with E-state index in [9.17, 15) is 18.5 Å². The number of hydrogen-bond donors (Lipinski definition) is 2. The van der Waals surface area contributed by atoms with E-state index in [1.807, 2.05) is 0 Å². The fourth-order valence-electron chi connectivity index (χ4n) is 3.29. The highest BCUT2D eigenvalue weighted by molar-refractivity contribution is 7.89. The summed E-state index contributed by atoms with van der Waals surface area (Å²) in [6.45, 7) is 3.53. The first-order valence-corrected chi connectivity index (χ1v) is 11.6. The van der Waals surface area contributed by atoms with E-state index in [0.29, 0.717) is 13.1 Å². The Kier molecular flexibility index (Phi) is 8.84. The molecule has 0 aliphatic carbocycles. The van der Waals surface area contributed by atoms with Crippen LogP contribution in [0, 0.1) is 10.1 Å². The minimum atomic E-state index is -3.10. The summed E-state index contributed by atoms with van der Waals surface area (Å²) in [6.07, 6.45) is 4.32. The van der Waals surface area contributed by atoms with Gasteiger partial charge in [-0.05, 0) is 44.6 Å². The van der Waals surface area contributed by atoms with E-state index in [1.54, 1.807) is 30.4 Å². The van der Waals surface area contributed by atoms with Crippen LogP contribution in [0.5, 0.6) is 0 Å². The van der Waals surface area contributed by atoms with E-state index in [2.05, 4.69) is 15.6 Å². The predicted molar refractivity (Wildman–Crippen MR) is 115 cm³/mol. The summed E-state index contributed by atoms with van der Waals surface area (Å²) in [5.41, 5.74) is 1.20. The summed E-state index contributed by atoms with van der Waals surface area (Å²) in [6, 6.07) is 6.89. The number of guanidine groups is 1. The number of nitro benzene ring substituents is 1. The van der Waals surface area contributed by atoms with Gasteiger partial charge in [-0.2, -0.15) is 0 Å². The molecular formula is C19H31N5O4S. The van der Waals surface area contributed by atoms with Crippen LogP contribution in [0.4, 0.5) is 5.69 Å². The number of benzene rings is 1. The van der Waals surface area contributed by atoms with Crippen molar-refractivity contribution < 1.29 is 13.3 Å². The number of nitro groups is 1. The van der Waals surface area contributed by atoms with Gasteiger partial charge in [-0.15, -0.1) is 0 Å². The van der Waals surface area contributed by atoms with Gasteiger partial charge < -0.3 is 10.6 Å². The maximum atomic E-state index is 11.9. The number of aryl methyl sites for hydroxylation is 1. The molecule has 9 nitrogen and oxygen atoms in total. The Morgan fingerprint density at radius 1 is 1.24 bits per heavy atom. The van der Waals surface area contributed by atoms with Crippen molar-refractivity contribution in [3.63, 3.8) is 0 Å². The van der Waals surface area contributed by atoms with E-state index in [4.69, 9.17) is 0 Å². The molecule has 0 unspecified atom stereocenters. The smallest absolute Gasteiger partial charge is 0.269 e. The van der Waals surface area contributed by atoms with Crippen LogP contribution in [-0.4, -0.2) is 62.1 Å². The first kappa shape index (κ1) is 23.1. The van der Waals surface area contributed by atoms with Crippen LogP contribution in [0.25, 0.3) is 0 Å². The van der Waals surface area contributed by atoms with E-state index < -0.39 is 10.0 Å². The Morgan fingerprint density at radius 2 is 1.90 bits per heavy atom. The molecule has 1 fully saturated rings. The van der Waals surface area contributed by atoms with Gasteiger partial charge in [0, 0.05) is 44.9 Å². The molecule has 0 amide bonds. The molecule has 1 aromatic rings. The van der Waals surface area contributed by atoms with E-state index >= 15 is 0 Å². The second-order valence-corrected chi connectivity index (χ2v) is 9.36. The summed E-state index contributed by atoms with van der Waals surface area (Å²) in [4.78, 5) is 14.5. The van der Waals surface area contributed by atoms with Crippen LogP contribution in [0.1, 0.15) is 38.2 Å². The van der Waals surface area contributed by atoms with Gasteiger partial charge in [-0.1, -0.05) is 12.1 Å². The van der Waals surface area contributed by atoms with Crippen molar-refractivity contribution in [1.82, 2.24) is 14.9 Å². The van der Waals surface area contributed by atoms with Crippen LogP contribution >= 0.6 is 0 Å². The van der Waals surface area contributed by atoms with E-state index in [1.165, 1.54) is 12.1 Å². The predicted octanol–water partition coefficient (Wildman–Crippen LogP) is 1.90. The lowest BCUT2D eigenvalue weighted by molar-refractivity contribution is -0.384. The van der Waals surface area contributed by atoms with Crippen LogP contribution in [-0.2, 0) is 16.4 Å². The fourth-order valence-corrected chi connectivity index (χ4v) is 4.43. The zero-order chi connectivity index (χ0) is 21.3. The summed E-state index contributed by atoms with van der Waals surface area (Å²) in [7, 11) is -1.38. The van der Waals surface area contributed by atoms with Crippen LogP contribution in [0.3, 0.4) is 0 Å². The number of nitrogens with zero attached hydrogens (tertiary/aromatic N) is 3. The molecule has 2 rings (SSSR count). The minimum absolute atomic E-state index is 0.114. The number of nitrogens with one attached hydrogen (secondary N) is 2. The maximum Gasteiger partial charge on any atom is 0.269 e. The summed E-state index contributed by atoms with van der Waals surface area (Å²) >= 11 is 0. The molecule has 0 saturated carbocycles. The molecule has 1 heterocycles. The zero-order valence-electron chi connectivity index (χ0n) is 17.1. The molecule has 2 N–H and O–H groups in total. The number of hydrogen-bond acceptors (Lipinski definition) is 5. The summed E-state index contributed by atoms with van der Waals surface area (Å²) in [5.74, 6) is 0.880. The highest BCUT2D eigenvalue weighted by Crippen LogP contribution is 2.15. The van der Waals surface area contributed by atoms with Gasteiger partial charge in [0.25, 0.3) is 5.69 Å². The lowest BCUT2D eigenvalue weighted by Crippen LogP contribution is -2.50. The molecule has 0 spiro atoms. The van der Waals surface area contributed by atoms with Crippen LogP contribution in [0.2, 0.25) is 0 Å². The topological polar surface area (TPSA) is 117 Å². The normalized spacial score (nSPS) is 16.6. The van der Waals surface area contributed by atoms with Gasteiger partial charge in [0.15, 0.2) is 5.96 Å². The number of aliphatic imine (C=N–C) groups is 1. The molecular weight excluding hydrogens is 394 g/mol. The molecule has 0 radical (unpaired) electrons. The van der Waals surface area contributed by atoms with Crippen molar-refractivity contribution in [2.75, 3.05) is 32.4 Å². The molecule has 0 aromatic heterocycles. The lowest BCUT2D eigenvalue weighted by atomic mass is 10.1. The number of sulfonamides is 1. The fraction of sp³-hybridized carbons (Fsp3) is 0.632. The zero-order valence-corrected chi connectivity index (χ0v) is 18.0. The van der Waals surface area contributed by atoms with Crippen molar-refractivity contribution in [3.05, 3.63) is 39.9 Å². The first-order chi connectivity index (χ1) is 13.9. The molecule has 10 heteroatoms. The largest absolute Gasteiger partial charge is 0.356 e. The second-order valence-electron chi connectivity index (χ2n) is 7.10. The number of unbranched alkanes of at least 4 members (excludes halogenated alkanes) is 1. The minimum Gasteiger partial charge on any atom is -0.356 e. The molecule has 162 valence electrons. The quantitative estimate of drug-likeness (QED) is 0.205. The number of piperidine rings is 1. The van der Waals surface area contributed by atoms with Crippen molar-refractivity contribution >= 4 is 21.7 Å². The molecule has 0 atom stereocenters. The Hall–Kier alpha value is -2.20. The number of rotatable bonds is 9. The van der Waals surface area contributed by atoms with Crippen molar-refractivity contribution in [2.24, 2.45) is 4.99 Å². The van der Waals surface area contributed by atoms with Gasteiger partial charge in [0.2, 0.25) is 10.0 Å².